The fraction of sp³-hybridized carbons (Fsp3) is 0.0714. The number of ether oxygens (including phenoxy) is 2. The van der Waals surface area contributed by atoms with Gasteiger partial charge in [-0.25, -0.2) is 0 Å². The highest BCUT2D eigenvalue weighted by molar-refractivity contribution is 9.10. The van der Waals surface area contributed by atoms with Gasteiger partial charge in [0, 0.05) is 5.56 Å². The SMILES string of the molecule is COc1cc(/C=C(/C#N)c2cccc3ccccc23)cc(Br)c1OCc1ccc(C#N)cc1. The zero-order chi connectivity index (χ0) is 23.2. The molecule has 5 heteroatoms. The molecule has 0 radical (unpaired) electrons. The second-order valence-corrected chi connectivity index (χ2v) is 8.18. The van der Waals surface area contributed by atoms with E-state index in [1.54, 1.807) is 19.2 Å². The molecule has 0 N–H and O–H groups in total. The van der Waals surface area contributed by atoms with Gasteiger partial charge in [0.1, 0.15) is 6.61 Å². The number of hydrogen-bond acceptors (Lipinski definition) is 4. The average molecular weight is 495 g/mol. The van der Waals surface area contributed by atoms with Crippen molar-refractivity contribution in [2.75, 3.05) is 7.11 Å². The maximum absolute atomic E-state index is 9.89. The first-order chi connectivity index (χ1) is 16.1. The van der Waals surface area contributed by atoms with Gasteiger partial charge in [-0.3, -0.25) is 0 Å². The second kappa shape index (κ2) is 10.0. The lowest BCUT2D eigenvalue weighted by Gasteiger charge is -2.14. The number of methoxy groups -OCH3 is 1. The molecular formula is C28H19BrN2O2. The molecular weight excluding hydrogens is 476 g/mol. The minimum Gasteiger partial charge on any atom is -0.493 e. The van der Waals surface area contributed by atoms with Crippen molar-refractivity contribution in [2.45, 2.75) is 6.61 Å². The molecule has 0 aliphatic heterocycles. The van der Waals surface area contributed by atoms with Crippen LogP contribution in [0.2, 0.25) is 0 Å². The minimum atomic E-state index is 0.329. The van der Waals surface area contributed by atoms with E-state index in [2.05, 4.69) is 28.1 Å². The monoisotopic (exact) mass is 494 g/mol. The van der Waals surface area contributed by atoms with E-state index in [4.69, 9.17) is 14.7 Å². The highest BCUT2D eigenvalue weighted by Gasteiger charge is 2.13. The Bertz CT molecular complexity index is 1420. The van der Waals surface area contributed by atoms with Gasteiger partial charge in [-0.2, -0.15) is 10.5 Å². The molecule has 0 aliphatic carbocycles. The summed E-state index contributed by atoms with van der Waals surface area (Å²) >= 11 is 3.58. The van der Waals surface area contributed by atoms with Gasteiger partial charge in [-0.15, -0.1) is 0 Å². The summed E-state index contributed by atoms with van der Waals surface area (Å²) in [7, 11) is 1.58. The summed E-state index contributed by atoms with van der Waals surface area (Å²) in [6.07, 6.45) is 1.85. The van der Waals surface area contributed by atoms with Crippen LogP contribution in [0.3, 0.4) is 0 Å². The van der Waals surface area contributed by atoms with Gasteiger partial charge in [0.05, 0.1) is 34.9 Å². The van der Waals surface area contributed by atoms with Gasteiger partial charge in [0.15, 0.2) is 11.5 Å². The van der Waals surface area contributed by atoms with Crippen LogP contribution in [0.4, 0.5) is 0 Å². The first kappa shape index (κ1) is 22.1. The van der Waals surface area contributed by atoms with Crippen molar-refractivity contribution in [2.24, 2.45) is 0 Å². The normalized spacial score (nSPS) is 11.0. The molecule has 33 heavy (non-hydrogen) atoms. The molecule has 4 nitrogen and oxygen atoms in total. The Labute approximate surface area is 201 Å². The first-order valence-corrected chi connectivity index (χ1v) is 11.0. The molecule has 0 saturated carbocycles. The zero-order valence-electron chi connectivity index (χ0n) is 17.9. The van der Waals surface area contributed by atoms with Crippen molar-refractivity contribution in [3.63, 3.8) is 0 Å². The number of hydrogen-bond donors (Lipinski definition) is 0. The summed E-state index contributed by atoms with van der Waals surface area (Å²) in [6, 6.07) is 29.4. The number of halogens is 1. The summed E-state index contributed by atoms with van der Waals surface area (Å²) in [5, 5.41) is 20.9. The number of rotatable bonds is 6. The molecule has 0 heterocycles. The van der Waals surface area contributed by atoms with Gasteiger partial charge in [0.25, 0.3) is 0 Å². The summed E-state index contributed by atoms with van der Waals surface area (Å²) < 4.78 is 12.3. The molecule has 0 amide bonds. The van der Waals surface area contributed by atoms with Crippen molar-refractivity contribution >= 4 is 38.4 Å². The lowest BCUT2D eigenvalue weighted by molar-refractivity contribution is 0.282. The van der Waals surface area contributed by atoms with E-state index < -0.39 is 0 Å². The van der Waals surface area contributed by atoms with E-state index in [9.17, 15) is 5.26 Å². The van der Waals surface area contributed by atoms with Crippen LogP contribution in [0, 0.1) is 22.7 Å². The fourth-order valence-corrected chi connectivity index (χ4v) is 4.17. The Kier molecular flexibility index (Phi) is 6.74. The Morgan fingerprint density at radius 3 is 2.45 bits per heavy atom. The molecule has 0 aliphatic rings. The Morgan fingerprint density at radius 1 is 0.970 bits per heavy atom. The van der Waals surface area contributed by atoms with Crippen LogP contribution in [0.15, 0.2) is 83.3 Å². The molecule has 4 aromatic carbocycles. The Morgan fingerprint density at radius 2 is 1.73 bits per heavy atom. The molecule has 4 aromatic rings. The standard InChI is InChI=1S/C28H19BrN2O2/c1-32-27-15-21(13-23(17-31)25-8-4-6-22-5-2-3-7-24(22)25)14-26(29)28(27)33-18-20-11-9-19(16-30)10-12-20/h2-15H,18H2,1H3/b23-13-. The van der Waals surface area contributed by atoms with E-state index in [0.29, 0.717) is 29.2 Å². The summed E-state index contributed by atoms with van der Waals surface area (Å²) in [6.45, 7) is 0.329. The first-order valence-electron chi connectivity index (χ1n) is 10.2. The van der Waals surface area contributed by atoms with Crippen LogP contribution in [-0.2, 0) is 6.61 Å². The highest BCUT2D eigenvalue weighted by Crippen LogP contribution is 2.38. The minimum absolute atomic E-state index is 0.329. The zero-order valence-corrected chi connectivity index (χ0v) is 19.5. The van der Waals surface area contributed by atoms with Crippen LogP contribution in [0.5, 0.6) is 11.5 Å². The smallest absolute Gasteiger partial charge is 0.175 e. The van der Waals surface area contributed by atoms with Crippen LogP contribution in [0.25, 0.3) is 22.4 Å². The molecule has 0 unspecified atom stereocenters. The quantitative estimate of drug-likeness (QED) is 0.211. The largest absolute Gasteiger partial charge is 0.493 e. The van der Waals surface area contributed by atoms with E-state index in [1.807, 2.05) is 72.8 Å². The number of benzene rings is 4. The maximum Gasteiger partial charge on any atom is 0.175 e. The van der Waals surface area contributed by atoms with Crippen molar-refractivity contribution in [1.29, 1.82) is 10.5 Å². The summed E-state index contributed by atoms with van der Waals surface area (Å²) in [5.74, 6) is 1.13. The lowest BCUT2D eigenvalue weighted by Crippen LogP contribution is -1.99. The number of fused-ring (bicyclic) bond motifs is 1. The molecule has 0 aromatic heterocycles. The molecule has 160 valence electrons. The topological polar surface area (TPSA) is 66.0 Å². The summed E-state index contributed by atoms with van der Waals surface area (Å²) in [4.78, 5) is 0. The third-order valence-electron chi connectivity index (χ3n) is 5.23. The van der Waals surface area contributed by atoms with Gasteiger partial charge < -0.3 is 9.47 Å². The van der Waals surface area contributed by atoms with E-state index >= 15 is 0 Å². The molecule has 0 spiro atoms. The fourth-order valence-electron chi connectivity index (χ4n) is 3.59. The van der Waals surface area contributed by atoms with Crippen molar-refractivity contribution in [3.05, 3.63) is 106 Å². The van der Waals surface area contributed by atoms with Crippen molar-refractivity contribution in [3.8, 4) is 23.6 Å². The van der Waals surface area contributed by atoms with E-state index in [-0.39, 0.29) is 0 Å². The average Bonchev–Trinajstić information content (AvgIpc) is 2.86. The number of nitrogens with zero attached hydrogens (tertiary/aromatic N) is 2. The van der Waals surface area contributed by atoms with Gasteiger partial charge >= 0.3 is 0 Å². The summed E-state index contributed by atoms with van der Waals surface area (Å²) in [5.41, 5.74) is 3.80. The number of allylic oxidation sites excluding steroid dienone is 1. The van der Waals surface area contributed by atoms with E-state index in [0.717, 1.165) is 31.9 Å². The van der Waals surface area contributed by atoms with E-state index in [1.165, 1.54) is 0 Å². The van der Waals surface area contributed by atoms with Gasteiger partial charge in [0.2, 0.25) is 0 Å². The third-order valence-corrected chi connectivity index (χ3v) is 5.82. The second-order valence-electron chi connectivity index (χ2n) is 7.33. The van der Waals surface area contributed by atoms with Crippen LogP contribution in [0.1, 0.15) is 22.3 Å². The molecule has 0 fully saturated rings. The highest BCUT2D eigenvalue weighted by atomic mass is 79.9. The Hall–Kier alpha value is -4.06. The number of nitriles is 2. The lowest BCUT2D eigenvalue weighted by atomic mass is 9.97. The molecule has 0 bridgehead atoms. The van der Waals surface area contributed by atoms with Crippen LogP contribution >= 0.6 is 15.9 Å². The molecule has 0 saturated heterocycles. The van der Waals surface area contributed by atoms with Crippen molar-refractivity contribution < 1.29 is 9.47 Å². The van der Waals surface area contributed by atoms with Gasteiger partial charge in [-0.1, -0.05) is 54.6 Å². The Balaban J connectivity index is 1.65. The molecule has 0 atom stereocenters. The van der Waals surface area contributed by atoms with Crippen LogP contribution in [-0.4, -0.2) is 7.11 Å². The van der Waals surface area contributed by atoms with Gasteiger partial charge in [-0.05, 0) is 68.2 Å². The van der Waals surface area contributed by atoms with Crippen LogP contribution < -0.4 is 9.47 Å². The predicted molar refractivity (Wildman–Crippen MR) is 134 cm³/mol. The third kappa shape index (κ3) is 4.90. The molecule has 4 rings (SSSR count). The maximum atomic E-state index is 9.89. The van der Waals surface area contributed by atoms with Crippen molar-refractivity contribution in [1.82, 2.24) is 0 Å². The predicted octanol–water partition coefficient (Wildman–Crippen LogP) is 7.13.